The van der Waals surface area contributed by atoms with Crippen LogP contribution in [0.3, 0.4) is 0 Å². The van der Waals surface area contributed by atoms with Crippen LogP contribution < -0.4 is 0 Å². The molecular weight excluding hydrogens is 152 g/mol. The molecule has 0 fully saturated rings. The molecular formula is C9H20N2O. The number of hydrogen-bond acceptors (Lipinski definition) is 3. The molecule has 2 atom stereocenters. The average Bonchev–Trinajstić information content (AvgIpc) is 2.02. The van der Waals surface area contributed by atoms with E-state index in [2.05, 4.69) is 17.0 Å². The van der Waals surface area contributed by atoms with Gasteiger partial charge in [0.25, 0.3) is 0 Å². The van der Waals surface area contributed by atoms with Crippen LogP contribution in [0.15, 0.2) is 5.18 Å². The Labute approximate surface area is 75.1 Å². The molecule has 12 heavy (non-hydrogen) atoms. The summed E-state index contributed by atoms with van der Waals surface area (Å²) in [6.07, 6.45) is 0.811. The monoisotopic (exact) mass is 172 g/mol. The molecule has 0 saturated carbocycles. The summed E-state index contributed by atoms with van der Waals surface area (Å²) < 4.78 is 0. The summed E-state index contributed by atoms with van der Waals surface area (Å²) >= 11 is 0. The molecule has 3 heteroatoms. The molecule has 2 unspecified atom stereocenters. The second kappa shape index (κ2) is 4.55. The topological polar surface area (TPSA) is 32.7 Å². The fourth-order valence-corrected chi connectivity index (χ4v) is 1.25. The highest BCUT2D eigenvalue weighted by molar-refractivity contribution is 4.87. The molecule has 0 aliphatic heterocycles. The predicted octanol–water partition coefficient (Wildman–Crippen LogP) is 2.12. The molecule has 0 aromatic rings. The Hall–Kier alpha value is -0.440. The van der Waals surface area contributed by atoms with Crippen LogP contribution in [0.25, 0.3) is 0 Å². The first-order valence-electron chi connectivity index (χ1n) is 4.45. The zero-order chi connectivity index (χ0) is 9.78. The van der Waals surface area contributed by atoms with E-state index in [1.54, 1.807) is 0 Å². The van der Waals surface area contributed by atoms with Crippen LogP contribution in [0.1, 0.15) is 27.2 Å². The number of rotatable bonds is 5. The third kappa shape index (κ3) is 2.89. The van der Waals surface area contributed by atoms with E-state index >= 15 is 0 Å². The van der Waals surface area contributed by atoms with Crippen LogP contribution in [-0.2, 0) is 0 Å². The van der Waals surface area contributed by atoms with Crippen LogP contribution in [0.5, 0.6) is 0 Å². The fourth-order valence-electron chi connectivity index (χ4n) is 1.25. The smallest absolute Gasteiger partial charge is 0.103 e. The van der Waals surface area contributed by atoms with Crippen molar-refractivity contribution in [1.82, 2.24) is 4.90 Å². The van der Waals surface area contributed by atoms with Gasteiger partial charge in [-0.3, -0.25) is 0 Å². The summed E-state index contributed by atoms with van der Waals surface area (Å²) in [6, 6.07) is 0. The lowest BCUT2D eigenvalue weighted by molar-refractivity contribution is 0.235. The van der Waals surface area contributed by atoms with Crippen LogP contribution in [0.2, 0.25) is 0 Å². The quantitative estimate of drug-likeness (QED) is 0.595. The lowest BCUT2D eigenvalue weighted by atomic mass is 9.85. The van der Waals surface area contributed by atoms with E-state index in [9.17, 15) is 4.91 Å². The first-order chi connectivity index (χ1) is 5.46. The first kappa shape index (κ1) is 11.6. The molecule has 0 radical (unpaired) electrons. The van der Waals surface area contributed by atoms with Crippen molar-refractivity contribution in [3.8, 4) is 0 Å². The van der Waals surface area contributed by atoms with Crippen molar-refractivity contribution >= 4 is 0 Å². The van der Waals surface area contributed by atoms with Gasteiger partial charge in [0.1, 0.15) is 5.54 Å². The Morgan fingerprint density at radius 3 is 2.25 bits per heavy atom. The predicted molar refractivity (Wildman–Crippen MR) is 52.2 cm³/mol. The third-order valence-corrected chi connectivity index (χ3v) is 2.62. The Morgan fingerprint density at radius 2 is 2.00 bits per heavy atom. The molecule has 0 spiro atoms. The van der Waals surface area contributed by atoms with Gasteiger partial charge in [-0.1, -0.05) is 19.0 Å². The summed E-state index contributed by atoms with van der Waals surface area (Å²) in [5.41, 5.74) is -0.399. The minimum atomic E-state index is -0.399. The van der Waals surface area contributed by atoms with Crippen molar-refractivity contribution in [1.29, 1.82) is 0 Å². The number of hydrogen-bond donors (Lipinski definition) is 0. The van der Waals surface area contributed by atoms with Gasteiger partial charge in [-0.2, -0.15) is 4.91 Å². The van der Waals surface area contributed by atoms with Crippen molar-refractivity contribution in [3.63, 3.8) is 0 Å². The van der Waals surface area contributed by atoms with Gasteiger partial charge in [0.15, 0.2) is 0 Å². The van der Waals surface area contributed by atoms with E-state index in [1.165, 1.54) is 0 Å². The van der Waals surface area contributed by atoms with Crippen molar-refractivity contribution < 1.29 is 0 Å². The standard InChI is InChI=1S/C9H20N2O/c1-6-9(3,10-12)8(2)7-11(4)5/h8H,6-7H2,1-5H3. The average molecular weight is 172 g/mol. The zero-order valence-corrected chi connectivity index (χ0v) is 8.79. The summed E-state index contributed by atoms with van der Waals surface area (Å²) in [7, 11) is 4.02. The second-order valence-corrected chi connectivity index (χ2v) is 3.97. The third-order valence-electron chi connectivity index (χ3n) is 2.62. The molecule has 0 heterocycles. The summed E-state index contributed by atoms with van der Waals surface area (Å²) in [4.78, 5) is 12.7. The molecule has 3 nitrogen and oxygen atoms in total. The highest BCUT2D eigenvalue weighted by Crippen LogP contribution is 2.25. The first-order valence-corrected chi connectivity index (χ1v) is 4.45. The van der Waals surface area contributed by atoms with E-state index in [0.29, 0.717) is 5.92 Å². The molecule has 0 bridgehead atoms. The second-order valence-electron chi connectivity index (χ2n) is 3.97. The lowest BCUT2D eigenvalue weighted by Gasteiger charge is -2.29. The molecule has 0 aliphatic carbocycles. The Morgan fingerprint density at radius 1 is 1.50 bits per heavy atom. The molecule has 0 amide bonds. The van der Waals surface area contributed by atoms with Crippen LogP contribution in [-0.4, -0.2) is 31.1 Å². The van der Waals surface area contributed by atoms with E-state index in [0.717, 1.165) is 13.0 Å². The van der Waals surface area contributed by atoms with Crippen molar-refractivity contribution in [3.05, 3.63) is 4.91 Å². The highest BCUT2D eigenvalue weighted by Gasteiger charge is 2.30. The van der Waals surface area contributed by atoms with E-state index in [-0.39, 0.29) is 0 Å². The zero-order valence-electron chi connectivity index (χ0n) is 8.79. The molecule has 0 rings (SSSR count). The minimum Gasteiger partial charge on any atom is -0.309 e. The Kier molecular flexibility index (Phi) is 4.39. The normalized spacial score (nSPS) is 18.8. The Bertz CT molecular complexity index is 147. The van der Waals surface area contributed by atoms with Gasteiger partial charge in [-0.15, -0.1) is 0 Å². The van der Waals surface area contributed by atoms with Gasteiger partial charge < -0.3 is 4.90 Å². The van der Waals surface area contributed by atoms with Gasteiger partial charge in [0.2, 0.25) is 0 Å². The van der Waals surface area contributed by atoms with Gasteiger partial charge in [-0.05, 0) is 33.4 Å². The molecule has 0 saturated heterocycles. The number of nitroso groups, excluding NO2 is 1. The highest BCUT2D eigenvalue weighted by atomic mass is 16.3. The molecule has 0 N–H and O–H groups in total. The van der Waals surface area contributed by atoms with E-state index in [4.69, 9.17) is 0 Å². The fraction of sp³-hybridized carbons (Fsp3) is 1.00. The maximum absolute atomic E-state index is 10.6. The summed E-state index contributed by atoms with van der Waals surface area (Å²) in [5, 5.41) is 3.21. The van der Waals surface area contributed by atoms with Crippen molar-refractivity contribution in [2.24, 2.45) is 11.1 Å². The van der Waals surface area contributed by atoms with Gasteiger partial charge in [0.05, 0.1) is 0 Å². The maximum atomic E-state index is 10.6. The largest absolute Gasteiger partial charge is 0.309 e. The van der Waals surface area contributed by atoms with E-state index < -0.39 is 5.54 Å². The lowest BCUT2D eigenvalue weighted by Crippen LogP contribution is -2.36. The van der Waals surface area contributed by atoms with Crippen LogP contribution >= 0.6 is 0 Å². The van der Waals surface area contributed by atoms with Crippen molar-refractivity contribution in [2.45, 2.75) is 32.7 Å². The molecule has 72 valence electrons. The summed E-state index contributed by atoms with van der Waals surface area (Å²) in [6.45, 7) is 6.92. The number of nitrogens with zero attached hydrogens (tertiary/aromatic N) is 2. The molecule has 0 aromatic carbocycles. The van der Waals surface area contributed by atoms with Crippen molar-refractivity contribution in [2.75, 3.05) is 20.6 Å². The van der Waals surface area contributed by atoms with E-state index in [1.807, 2.05) is 27.9 Å². The molecule has 0 aromatic heterocycles. The maximum Gasteiger partial charge on any atom is 0.103 e. The van der Waals surface area contributed by atoms with Crippen LogP contribution in [0.4, 0.5) is 0 Å². The van der Waals surface area contributed by atoms with Gasteiger partial charge in [-0.25, -0.2) is 0 Å². The SMILES string of the molecule is CCC(C)(N=O)C(C)CN(C)C. The van der Waals surface area contributed by atoms with Gasteiger partial charge in [0, 0.05) is 6.54 Å². The Balaban J connectivity index is 4.21. The molecule has 0 aliphatic rings. The van der Waals surface area contributed by atoms with Gasteiger partial charge >= 0.3 is 0 Å². The minimum absolute atomic E-state index is 0.315. The van der Waals surface area contributed by atoms with Crippen LogP contribution in [0, 0.1) is 10.8 Å². The summed E-state index contributed by atoms with van der Waals surface area (Å²) in [5.74, 6) is 0.315.